The minimum absolute atomic E-state index is 0.378. The summed E-state index contributed by atoms with van der Waals surface area (Å²) in [7, 11) is 0. The van der Waals surface area contributed by atoms with Crippen molar-refractivity contribution in [2.75, 3.05) is 6.61 Å². The van der Waals surface area contributed by atoms with Gasteiger partial charge < -0.3 is 34.2 Å². The smallest absolute Gasteiger partial charge is 0.303 e. The minimum atomic E-state index is -1.53. The Morgan fingerprint density at radius 2 is 1.35 bits per heavy atom. The number of hydrogen-bond donors (Lipinski definition) is 1. The predicted octanol–water partition coefficient (Wildman–Crippen LogP) is 0.313. The highest BCUT2D eigenvalue weighted by Crippen LogP contribution is 2.32. The van der Waals surface area contributed by atoms with Gasteiger partial charge in [0.1, 0.15) is 12.7 Å². The van der Waals surface area contributed by atoms with Gasteiger partial charge in [-0.05, 0) is 5.56 Å². The number of primary amides is 1. The molecule has 0 saturated carbocycles. The van der Waals surface area contributed by atoms with E-state index in [4.69, 9.17) is 34.2 Å². The van der Waals surface area contributed by atoms with Gasteiger partial charge in [-0.2, -0.15) is 0 Å². The zero-order chi connectivity index (χ0) is 25.4. The maximum absolute atomic E-state index is 12.2. The highest BCUT2D eigenvalue weighted by atomic mass is 16.7. The van der Waals surface area contributed by atoms with Crippen molar-refractivity contribution < 1.29 is 52.4 Å². The quantitative estimate of drug-likeness (QED) is 0.381. The Labute approximate surface area is 195 Å². The van der Waals surface area contributed by atoms with E-state index in [-0.39, 0.29) is 0 Å². The molecular weight excluding hydrogens is 454 g/mol. The summed E-state index contributed by atoms with van der Waals surface area (Å²) in [5, 5.41) is 0. The highest BCUT2D eigenvalue weighted by molar-refractivity contribution is 5.80. The topological polar surface area (TPSA) is 167 Å². The fraction of sp³-hybridized carbons (Fsp3) is 0.500. The average molecular weight is 481 g/mol. The van der Waals surface area contributed by atoms with E-state index in [1.54, 1.807) is 30.3 Å². The van der Waals surface area contributed by atoms with Crippen LogP contribution >= 0.6 is 0 Å². The molecule has 1 amide bonds. The van der Waals surface area contributed by atoms with Crippen LogP contribution in [0.5, 0.6) is 0 Å². The van der Waals surface area contributed by atoms with E-state index in [1.807, 2.05) is 0 Å². The molecule has 1 aliphatic rings. The van der Waals surface area contributed by atoms with Crippen molar-refractivity contribution in [2.24, 2.45) is 5.73 Å². The van der Waals surface area contributed by atoms with Crippen molar-refractivity contribution in [1.82, 2.24) is 0 Å². The molecule has 1 aromatic carbocycles. The summed E-state index contributed by atoms with van der Waals surface area (Å²) in [6, 6.07) is 8.20. The van der Waals surface area contributed by atoms with Crippen LogP contribution in [0.1, 0.15) is 39.4 Å². The van der Waals surface area contributed by atoms with Crippen LogP contribution in [0.4, 0.5) is 0 Å². The molecule has 2 rings (SSSR count). The van der Waals surface area contributed by atoms with Gasteiger partial charge in [0, 0.05) is 27.7 Å². The van der Waals surface area contributed by atoms with Crippen LogP contribution in [0, 0.1) is 0 Å². The molecule has 2 N–H and O–H groups in total. The highest BCUT2D eigenvalue weighted by Gasteiger charge is 2.53. The van der Waals surface area contributed by atoms with Crippen LogP contribution in [-0.2, 0) is 52.4 Å². The van der Waals surface area contributed by atoms with E-state index in [2.05, 4.69) is 0 Å². The van der Waals surface area contributed by atoms with E-state index in [1.165, 1.54) is 0 Å². The molecule has 1 aromatic rings. The zero-order valence-electron chi connectivity index (χ0n) is 19.1. The Bertz CT molecular complexity index is 903. The van der Waals surface area contributed by atoms with Gasteiger partial charge in [-0.15, -0.1) is 0 Å². The van der Waals surface area contributed by atoms with Gasteiger partial charge >= 0.3 is 23.9 Å². The molecule has 186 valence electrons. The number of benzene rings is 1. The molecule has 0 radical (unpaired) electrons. The van der Waals surface area contributed by atoms with Crippen LogP contribution in [0.2, 0.25) is 0 Å². The van der Waals surface area contributed by atoms with Crippen LogP contribution in [-0.4, -0.2) is 67.1 Å². The van der Waals surface area contributed by atoms with Gasteiger partial charge in [0.25, 0.3) is 5.91 Å². The molecular formula is C22H27NO11. The Balaban J connectivity index is 2.50. The molecule has 34 heavy (non-hydrogen) atoms. The summed E-state index contributed by atoms with van der Waals surface area (Å²) in [4.78, 5) is 59.0. The molecule has 0 spiro atoms. The average Bonchev–Trinajstić information content (AvgIpc) is 2.73. The largest absolute Gasteiger partial charge is 0.463 e. The lowest BCUT2D eigenvalue weighted by Gasteiger charge is -2.44. The van der Waals surface area contributed by atoms with Gasteiger partial charge in [0.15, 0.2) is 24.4 Å². The molecule has 12 heteroatoms. The first kappa shape index (κ1) is 26.7. The predicted molar refractivity (Wildman–Crippen MR) is 111 cm³/mol. The Morgan fingerprint density at radius 1 is 0.824 bits per heavy atom. The molecule has 1 fully saturated rings. The second-order valence-electron chi connectivity index (χ2n) is 7.40. The SMILES string of the molecule is CC(=O)OCC1OC(OC(C(N)=O)c2ccccc2)C(OC(C)=O)C(OC(C)=O)C1OC(C)=O. The number of nitrogens with two attached hydrogens (primary N) is 1. The van der Waals surface area contributed by atoms with E-state index >= 15 is 0 Å². The van der Waals surface area contributed by atoms with E-state index in [0.717, 1.165) is 27.7 Å². The molecule has 1 aliphatic heterocycles. The Hall–Kier alpha value is -3.51. The summed E-state index contributed by atoms with van der Waals surface area (Å²) in [6.07, 6.45) is -8.31. The van der Waals surface area contributed by atoms with E-state index in [0.29, 0.717) is 5.56 Å². The molecule has 0 bridgehead atoms. The first-order chi connectivity index (χ1) is 16.0. The summed E-state index contributed by atoms with van der Waals surface area (Å²) in [5.41, 5.74) is 5.90. The van der Waals surface area contributed by atoms with Gasteiger partial charge in [-0.25, -0.2) is 0 Å². The van der Waals surface area contributed by atoms with Crippen molar-refractivity contribution in [3.63, 3.8) is 0 Å². The number of rotatable bonds is 9. The number of amides is 1. The third-order valence-electron chi connectivity index (χ3n) is 4.58. The second kappa shape index (κ2) is 12.1. The van der Waals surface area contributed by atoms with Gasteiger partial charge in [0.2, 0.25) is 6.29 Å². The Kier molecular flexibility index (Phi) is 9.51. The lowest BCUT2D eigenvalue weighted by molar-refractivity contribution is -0.315. The van der Waals surface area contributed by atoms with Gasteiger partial charge in [-0.3, -0.25) is 24.0 Å². The monoisotopic (exact) mass is 481 g/mol. The van der Waals surface area contributed by atoms with Gasteiger partial charge in [-0.1, -0.05) is 30.3 Å². The normalized spacial score (nSPS) is 24.9. The maximum atomic E-state index is 12.2. The number of hydrogen-bond acceptors (Lipinski definition) is 11. The number of esters is 4. The van der Waals surface area contributed by atoms with E-state index < -0.39 is 73.2 Å². The maximum Gasteiger partial charge on any atom is 0.303 e. The van der Waals surface area contributed by atoms with Crippen molar-refractivity contribution in [3.8, 4) is 0 Å². The molecule has 6 unspecified atom stereocenters. The van der Waals surface area contributed by atoms with Crippen LogP contribution in [0.3, 0.4) is 0 Å². The summed E-state index contributed by atoms with van der Waals surface area (Å²) >= 11 is 0. The fourth-order valence-corrected chi connectivity index (χ4v) is 3.37. The number of carbonyl (C=O) groups excluding carboxylic acids is 5. The molecule has 1 saturated heterocycles. The summed E-state index contributed by atoms with van der Waals surface area (Å²) in [5.74, 6) is -3.89. The van der Waals surface area contributed by atoms with E-state index in [9.17, 15) is 24.0 Å². The molecule has 1 heterocycles. The lowest BCUT2D eigenvalue weighted by atomic mass is 9.97. The van der Waals surface area contributed by atoms with Gasteiger partial charge in [0.05, 0.1) is 0 Å². The third kappa shape index (κ3) is 7.52. The fourth-order valence-electron chi connectivity index (χ4n) is 3.37. The summed E-state index contributed by atoms with van der Waals surface area (Å²) < 4.78 is 32.5. The first-order valence-electron chi connectivity index (χ1n) is 10.3. The lowest BCUT2D eigenvalue weighted by Crippen LogP contribution is -2.63. The zero-order valence-corrected chi connectivity index (χ0v) is 19.1. The standard InChI is InChI=1S/C22H27NO11/c1-11(24)29-10-16-18(30-12(2)25)19(31-13(3)26)20(32-14(4)27)22(33-16)34-17(21(23)28)15-8-6-5-7-9-15/h5-9,16-20,22H,10H2,1-4H3,(H2,23,28). The van der Waals surface area contributed by atoms with Crippen LogP contribution in [0.25, 0.3) is 0 Å². The number of carbonyl (C=O) groups is 5. The molecule has 12 nitrogen and oxygen atoms in total. The number of ether oxygens (including phenoxy) is 6. The molecule has 0 aromatic heterocycles. The molecule has 0 aliphatic carbocycles. The van der Waals surface area contributed by atoms with Crippen LogP contribution in [0.15, 0.2) is 30.3 Å². The van der Waals surface area contributed by atoms with Crippen molar-refractivity contribution in [2.45, 2.75) is 64.5 Å². The van der Waals surface area contributed by atoms with Crippen molar-refractivity contribution in [3.05, 3.63) is 35.9 Å². The molecule has 6 atom stereocenters. The second-order valence-corrected chi connectivity index (χ2v) is 7.40. The van der Waals surface area contributed by atoms with Crippen molar-refractivity contribution >= 4 is 29.8 Å². The summed E-state index contributed by atoms with van der Waals surface area (Å²) in [6.45, 7) is 4.02. The third-order valence-corrected chi connectivity index (χ3v) is 4.58. The Morgan fingerprint density at radius 3 is 1.85 bits per heavy atom. The van der Waals surface area contributed by atoms with Crippen molar-refractivity contribution in [1.29, 1.82) is 0 Å². The first-order valence-corrected chi connectivity index (χ1v) is 10.3. The minimum Gasteiger partial charge on any atom is -0.463 e. The van der Waals surface area contributed by atoms with Crippen LogP contribution < -0.4 is 5.73 Å².